The van der Waals surface area contributed by atoms with Crippen LogP contribution in [0.3, 0.4) is 0 Å². The van der Waals surface area contributed by atoms with Gasteiger partial charge in [0.1, 0.15) is 12.4 Å². The molecule has 6 nitrogen and oxygen atoms in total. The Morgan fingerprint density at radius 2 is 2.22 bits per heavy atom. The Morgan fingerprint density at radius 1 is 1.33 bits per heavy atom. The normalized spacial score (nSPS) is 9.78. The van der Waals surface area contributed by atoms with E-state index in [2.05, 4.69) is 9.97 Å². The van der Waals surface area contributed by atoms with Crippen molar-refractivity contribution in [3.8, 4) is 11.6 Å². The molecule has 0 aliphatic heterocycles. The van der Waals surface area contributed by atoms with E-state index in [1.807, 2.05) is 6.07 Å². The first-order chi connectivity index (χ1) is 8.74. The van der Waals surface area contributed by atoms with Gasteiger partial charge in [-0.25, -0.2) is 9.78 Å². The van der Waals surface area contributed by atoms with Crippen LogP contribution in [-0.4, -0.2) is 16.1 Å². The molecule has 0 aliphatic rings. The highest BCUT2D eigenvalue weighted by Crippen LogP contribution is 2.14. The fourth-order valence-corrected chi connectivity index (χ4v) is 1.33. The number of hydrogen-bond donors (Lipinski definition) is 1. The summed E-state index contributed by atoms with van der Waals surface area (Å²) in [6.45, 7) is 0.300. The van der Waals surface area contributed by atoms with Crippen molar-refractivity contribution in [1.29, 1.82) is 0 Å². The van der Waals surface area contributed by atoms with Crippen LogP contribution in [0.4, 0.5) is 4.79 Å². The highest BCUT2D eigenvalue weighted by atomic mass is 16.5. The van der Waals surface area contributed by atoms with Gasteiger partial charge in [0.25, 0.3) is 0 Å². The van der Waals surface area contributed by atoms with Crippen molar-refractivity contribution in [1.82, 2.24) is 9.97 Å². The Bertz CT molecular complexity index is 531. The fraction of sp³-hybridized carbons (Fsp3) is 0.0833. The SMILES string of the molecule is NC(=O)Oc1cccc(COc2cnccn2)c1. The first-order valence-electron chi connectivity index (χ1n) is 5.19. The molecule has 0 saturated heterocycles. The van der Waals surface area contributed by atoms with Gasteiger partial charge in [-0.05, 0) is 17.7 Å². The summed E-state index contributed by atoms with van der Waals surface area (Å²) in [4.78, 5) is 18.5. The van der Waals surface area contributed by atoms with Crippen molar-refractivity contribution in [2.75, 3.05) is 0 Å². The molecule has 0 aliphatic carbocycles. The number of rotatable bonds is 4. The van der Waals surface area contributed by atoms with Gasteiger partial charge < -0.3 is 15.2 Å². The second-order valence-electron chi connectivity index (χ2n) is 3.40. The minimum absolute atomic E-state index is 0.300. The maximum atomic E-state index is 10.6. The van der Waals surface area contributed by atoms with Crippen molar-refractivity contribution in [3.63, 3.8) is 0 Å². The lowest BCUT2D eigenvalue weighted by Gasteiger charge is -2.06. The summed E-state index contributed by atoms with van der Waals surface area (Å²) in [5.74, 6) is 0.807. The molecule has 0 fully saturated rings. The molecular formula is C12H11N3O3. The van der Waals surface area contributed by atoms with E-state index in [-0.39, 0.29) is 0 Å². The third-order valence-electron chi connectivity index (χ3n) is 2.04. The Balaban J connectivity index is 1.99. The minimum atomic E-state index is -0.845. The summed E-state index contributed by atoms with van der Waals surface area (Å²) < 4.78 is 10.2. The van der Waals surface area contributed by atoms with Crippen molar-refractivity contribution >= 4 is 6.09 Å². The molecule has 2 aromatic rings. The number of carbonyl (C=O) groups is 1. The molecule has 0 spiro atoms. The van der Waals surface area contributed by atoms with Crippen molar-refractivity contribution in [2.24, 2.45) is 5.73 Å². The van der Waals surface area contributed by atoms with Gasteiger partial charge in [-0.2, -0.15) is 0 Å². The summed E-state index contributed by atoms with van der Waals surface area (Å²) in [5.41, 5.74) is 5.76. The number of hydrogen-bond acceptors (Lipinski definition) is 5. The van der Waals surface area contributed by atoms with E-state index in [0.717, 1.165) is 5.56 Å². The number of nitrogens with two attached hydrogens (primary N) is 1. The zero-order valence-corrected chi connectivity index (χ0v) is 9.45. The van der Waals surface area contributed by atoms with Gasteiger partial charge in [-0.1, -0.05) is 12.1 Å². The number of aromatic nitrogens is 2. The molecule has 18 heavy (non-hydrogen) atoms. The van der Waals surface area contributed by atoms with Gasteiger partial charge in [-0.15, -0.1) is 0 Å². The molecule has 0 bridgehead atoms. The lowest BCUT2D eigenvalue weighted by atomic mass is 10.2. The number of amides is 1. The lowest BCUT2D eigenvalue weighted by Crippen LogP contribution is -2.16. The Kier molecular flexibility index (Phi) is 3.70. The van der Waals surface area contributed by atoms with Gasteiger partial charge >= 0.3 is 6.09 Å². The number of primary amides is 1. The van der Waals surface area contributed by atoms with Crippen molar-refractivity contribution in [2.45, 2.75) is 6.61 Å². The van der Waals surface area contributed by atoms with Crippen LogP contribution < -0.4 is 15.2 Å². The molecular weight excluding hydrogens is 234 g/mol. The highest BCUT2D eigenvalue weighted by Gasteiger charge is 2.01. The standard InChI is InChI=1S/C12H11N3O3/c13-12(16)18-10-3-1-2-9(6-10)8-17-11-7-14-4-5-15-11/h1-7H,8H2,(H2,13,16). The van der Waals surface area contributed by atoms with Crippen LogP contribution in [0.25, 0.3) is 0 Å². The zero-order valence-electron chi connectivity index (χ0n) is 9.45. The van der Waals surface area contributed by atoms with E-state index in [9.17, 15) is 4.79 Å². The summed E-state index contributed by atoms with van der Waals surface area (Å²) in [7, 11) is 0. The van der Waals surface area contributed by atoms with Crippen LogP contribution >= 0.6 is 0 Å². The van der Waals surface area contributed by atoms with Crippen molar-refractivity contribution < 1.29 is 14.3 Å². The van der Waals surface area contributed by atoms with E-state index >= 15 is 0 Å². The predicted octanol–water partition coefficient (Wildman–Crippen LogP) is 1.51. The largest absolute Gasteiger partial charge is 0.472 e. The van der Waals surface area contributed by atoms with Gasteiger partial charge in [0.05, 0.1) is 6.20 Å². The third kappa shape index (κ3) is 3.44. The molecule has 1 aromatic heterocycles. The number of carbonyl (C=O) groups excluding carboxylic acids is 1. The first-order valence-corrected chi connectivity index (χ1v) is 5.19. The average molecular weight is 245 g/mol. The Labute approximate surface area is 103 Å². The molecule has 0 unspecified atom stereocenters. The number of ether oxygens (including phenoxy) is 2. The van der Waals surface area contributed by atoms with E-state index in [1.165, 1.54) is 6.20 Å². The fourth-order valence-electron chi connectivity index (χ4n) is 1.33. The van der Waals surface area contributed by atoms with Crippen LogP contribution in [-0.2, 0) is 6.61 Å². The maximum Gasteiger partial charge on any atom is 0.409 e. The quantitative estimate of drug-likeness (QED) is 0.882. The van der Waals surface area contributed by atoms with Crippen LogP contribution in [0.15, 0.2) is 42.9 Å². The average Bonchev–Trinajstić information content (AvgIpc) is 2.37. The van der Waals surface area contributed by atoms with Gasteiger partial charge in [0.2, 0.25) is 5.88 Å². The highest BCUT2D eigenvalue weighted by molar-refractivity contribution is 5.68. The van der Waals surface area contributed by atoms with E-state index in [4.69, 9.17) is 15.2 Å². The number of nitrogens with zero attached hydrogens (tertiary/aromatic N) is 2. The first kappa shape index (κ1) is 11.8. The summed E-state index contributed by atoms with van der Waals surface area (Å²) in [6, 6.07) is 6.88. The summed E-state index contributed by atoms with van der Waals surface area (Å²) in [5, 5.41) is 0. The van der Waals surface area contributed by atoms with Crippen LogP contribution in [0.1, 0.15) is 5.56 Å². The monoisotopic (exact) mass is 245 g/mol. The maximum absolute atomic E-state index is 10.6. The molecule has 0 saturated carbocycles. The second-order valence-corrected chi connectivity index (χ2v) is 3.40. The molecule has 2 rings (SSSR count). The van der Waals surface area contributed by atoms with Crippen LogP contribution in [0, 0.1) is 0 Å². The molecule has 1 heterocycles. The topological polar surface area (TPSA) is 87.3 Å². The molecule has 1 aromatic carbocycles. The van der Waals surface area contributed by atoms with Crippen LogP contribution in [0.5, 0.6) is 11.6 Å². The lowest BCUT2D eigenvalue weighted by molar-refractivity contribution is 0.210. The predicted molar refractivity (Wildman–Crippen MR) is 63.0 cm³/mol. The van der Waals surface area contributed by atoms with Gasteiger partial charge in [0, 0.05) is 12.4 Å². The zero-order chi connectivity index (χ0) is 12.8. The molecule has 0 atom stereocenters. The molecule has 1 amide bonds. The summed E-state index contributed by atoms with van der Waals surface area (Å²) in [6.07, 6.45) is 3.78. The Morgan fingerprint density at radius 3 is 2.94 bits per heavy atom. The van der Waals surface area contributed by atoms with Crippen LogP contribution in [0.2, 0.25) is 0 Å². The van der Waals surface area contributed by atoms with Gasteiger partial charge in [-0.3, -0.25) is 4.98 Å². The third-order valence-corrected chi connectivity index (χ3v) is 2.04. The van der Waals surface area contributed by atoms with Gasteiger partial charge in [0.15, 0.2) is 0 Å². The van der Waals surface area contributed by atoms with E-state index < -0.39 is 6.09 Å². The molecule has 6 heteroatoms. The second kappa shape index (κ2) is 5.62. The molecule has 2 N–H and O–H groups in total. The smallest absolute Gasteiger partial charge is 0.409 e. The Hall–Kier alpha value is -2.63. The molecule has 0 radical (unpaired) electrons. The minimum Gasteiger partial charge on any atom is -0.472 e. The van der Waals surface area contributed by atoms with E-state index in [0.29, 0.717) is 18.2 Å². The molecule has 92 valence electrons. The summed E-state index contributed by atoms with van der Waals surface area (Å²) >= 11 is 0. The van der Waals surface area contributed by atoms with E-state index in [1.54, 1.807) is 30.6 Å². The number of benzene rings is 1. The van der Waals surface area contributed by atoms with Crippen molar-refractivity contribution in [3.05, 3.63) is 48.4 Å².